The van der Waals surface area contributed by atoms with Crippen LogP contribution in [0.1, 0.15) is 90.0 Å². The average Bonchev–Trinajstić information content (AvgIpc) is 3.96. The first-order valence-electron chi connectivity index (χ1n) is 23.4. The third kappa shape index (κ3) is 13.7. The summed E-state index contributed by atoms with van der Waals surface area (Å²) >= 11 is 2.62. The second-order valence-electron chi connectivity index (χ2n) is 18.1. The highest BCUT2D eigenvalue weighted by molar-refractivity contribution is 7.22. The number of anilines is 2. The number of aromatic nitrogens is 2. The molecule has 0 spiro atoms. The molecule has 6 aromatic rings. The molecule has 364 valence electrons. The number of hydrogen-bond donors (Lipinski definition) is 1. The van der Waals surface area contributed by atoms with Crippen molar-refractivity contribution in [2.75, 3.05) is 62.2 Å². The monoisotopic (exact) mass is 986 g/mol. The molecule has 4 aromatic carbocycles. The SMILES string of the molecule is CC(=O)N1CCC(CCN(CCc2ccc(C#N)c(C)c2)c2nc3ccc(C(F)(F)F)cc3s2)CC1.Cc1cc(CCN(CCC2CCNCC2)c2nc3ccc(C(F)(F)F)cc3s2)ccc1C#N. The largest absolute Gasteiger partial charge is 0.416 e. The van der Waals surface area contributed by atoms with Crippen LogP contribution < -0.4 is 15.1 Å². The molecule has 0 unspecified atom stereocenters. The maximum absolute atomic E-state index is 13.2. The van der Waals surface area contributed by atoms with Crippen molar-refractivity contribution >= 4 is 59.3 Å². The molecular formula is C52H56F6N8OS2. The molecule has 2 aliphatic heterocycles. The maximum Gasteiger partial charge on any atom is 0.416 e. The molecule has 9 nitrogen and oxygen atoms in total. The van der Waals surface area contributed by atoms with Crippen molar-refractivity contribution < 1.29 is 31.1 Å². The van der Waals surface area contributed by atoms with Gasteiger partial charge in [-0.15, -0.1) is 0 Å². The maximum atomic E-state index is 13.2. The Morgan fingerprint density at radius 1 is 0.667 bits per heavy atom. The van der Waals surface area contributed by atoms with Gasteiger partial charge >= 0.3 is 12.4 Å². The molecule has 8 rings (SSSR count). The Hall–Kier alpha value is -5.75. The second kappa shape index (κ2) is 22.8. The molecule has 2 fully saturated rings. The van der Waals surface area contributed by atoms with E-state index in [-0.39, 0.29) is 5.91 Å². The summed E-state index contributed by atoms with van der Waals surface area (Å²) in [5, 5.41) is 23.2. The lowest BCUT2D eigenvalue weighted by Gasteiger charge is -2.32. The van der Waals surface area contributed by atoms with E-state index in [1.54, 1.807) is 6.92 Å². The van der Waals surface area contributed by atoms with E-state index in [9.17, 15) is 36.4 Å². The van der Waals surface area contributed by atoms with Gasteiger partial charge in [0.1, 0.15) is 0 Å². The number of fused-ring (bicyclic) bond motifs is 2. The van der Waals surface area contributed by atoms with Gasteiger partial charge in [0.25, 0.3) is 0 Å². The molecule has 2 aliphatic rings. The number of benzene rings is 4. The van der Waals surface area contributed by atoms with Crippen molar-refractivity contribution in [1.29, 1.82) is 10.5 Å². The zero-order valence-electron chi connectivity index (χ0n) is 39.0. The van der Waals surface area contributed by atoms with Crippen LogP contribution in [0, 0.1) is 48.3 Å². The topological polar surface area (TPSA) is 112 Å². The number of carbonyl (C=O) groups excluding carboxylic acids is 1. The standard InChI is InChI=1S/C27H29F3N4OS.C25H27F3N4S/c1-18-15-21(3-4-22(18)17-31)10-14-34(13-9-20-7-11-33(12-8-20)19(2)35)26-32-24-6-5-23(27(28,29)30)16-25(24)36-26;1-17-14-19(2-3-20(17)16-29)9-13-32(12-8-18-6-10-30-11-7-18)24-31-22-5-4-21(25(26,27)28)15-23(22)33-24/h3-6,15-16,20H,7-14H2,1-2H3;2-5,14-15,18,30H,6-13H2,1H3. The minimum atomic E-state index is -4.39. The number of halogens is 6. The molecule has 1 amide bonds. The summed E-state index contributed by atoms with van der Waals surface area (Å²) in [5.74, 6) is 1.25. The summed E-state index contributed by atoms with van der Waals surface area (Å²) in [6.07, 6.45) is -1.05. The molecule has 2 aromatic heterocycles. The van der Waals surface area contributed by atoms with E-state index in [1.807, 2.05) is 55.1 Å². The first-order valence-corrected chi connectivity index (χ1v) is 25.0. The summed E-state index contributed by atoms with van der Waals surface area (Å²) in [5.41, 5.74) is 5.31. The number of alkyl halides is 6. The number of nitrogens with one attached hydrogen (secondary N) is 1. The summed E-state index contributed by atoms with van der Waals surface area (Å²) in [7, 11) is 0. The Kier molecular flexibility index (Phi) is 16.9. The zero-order chi connectivity index (χ0) is 49.3. The first kappa shape index (κ1) is 51.1. The molecule has 0 saturated carbocycles. The number of nitrogens with zero attached hydrogens (tertiary/aromatic N) is 7. The molecule has 17 heteroatoms. The lowest BCUT2D eigenvalue weighted by molar-refractivity contribution is -0.138. The Labute approximate surface area is 407 Å². The number of carbonyl (C=O) groups is 1. The van der Waals surface area contributed by atoms with Crippen molar-refractivity contribution in [2.45, 2.75) is 84.5 Å². The van der Waals surface area contributed by atoms with E-state index in [2.05, 4.69) is 37.2 Å². The highest BCUT2D eigenvalue weighted by Gasteiger charge is 2.32. The van der Waals surface area contributed by atoms with Crippen LogP contribution in [0.2, 0.25) is 0 Å². The zero-order valence-corrected chi connectivity index (χ0v) is 40.7. The Balaban J connectivity index is 0.000000205. The van der Waals surface area contributed by atoms with Crippen LogP contribution in [0.4, 0.5) is 36.6 Å². The summed E-state index contributed by atoms with van der Waals surface area (Å²) < 4.78 is 80.2. The average molecular weight is 987 g/mol. The van der Waals surface area contributed by atoms with Crippen molar-refractivity contribution in [2.24, 2.45) is 11.8 Å². The molecule has 2 saturated heterocycles. The van der Waals surface area contributed by atoms with Gasteiger partial charge in [0.2, 0.25) is 5.91 Å². The van der Waals surface area contributed by atoms with Crippen molar-refractivity contribution in [1.82, 2.24) is 20.2 Å². The highest BCUT2D eigenvalue weighted by Crippen LogP contribution is 2.38. The molecular weight excluding hydrogens is 931 g/mol. The number of thiazole rings is 2. The summed E-state index contributed by atoms with van der Waals surface area (Å²) in [6.45, 7) is 12.0. The first-order chi connectivity index (χ1) is 33.0. The van der Waals surface area contributed by atoms with Crippen LogP contribution in [0.25, 0.3) is 20.4 Å². The molecule has 0 atom stereocenters. The predicted octanol–water partition coefficient (Wildman–Crippen LogP) is 12.1. The predicted molar refractivity (Wildman–Crippen MR) is 263 cm³/mol. The van der Waals surface area contributed by atoms with E-state index in [0.717, 1.165) is 142 Å². The van der Waals surface area contributed by atoms with Gasteiger partial charge in [-0.2, -0.15) is 36.9 Å². The van der Waals surface area contributed by atoms with Gasteiger partial charge in [0, 0.05) is 46.2 Å². The second-order valence-corrected chi connectivity index (χ2v) is 20.1. The van der Waals surface area contributed by atoms with E-state index in [0.29, 0.717) is 49.9 Å². The molecule has 0 bridgehead atoms. The van der Waals surface area contributed by atoms with Crippen LogP contribution in [0.15, 0.2) is 72.8 Å². The number of hydrogen-bond acceptors (Lipinski definition) is 10. The van der Waals surface area contributed by atoms with Crippen molar-refractivity contribution in [3.05, 3.63) is 117 Å². The quantitative estimate of drug-likeness (QED) is 0.107. The molecule has 4 heterocycles. The number of nitriles is 2. The van der Waals surface area contributed by atoms with E-state index < -0.39 is 23.5 Å². The molecule has 0 aliphatic carbocycles. The van der Waals surface area contributed by atoms with Gasteiger partial charge in [-0.05, 0) is 161 Å². The van der Waals surface area contributed by atoms with Gasteiger partial charge in [0.15, 0.2) is 10.3 Å². The number of aryl methyl sites for hydroxylation is 2. The van der Waals surface area contributed by atoms with Crippen LogP contribution >= 0.6 is 22.7 Å². The summed E-state index contributed by atoms with van der Waals surface area (Å²) in [6, 6.07) is 23.5. The van der Waals surface area contributed by atoms with Gasteiger partial charge in [-0.3, -0.25) is 4.79 Å². The number of rotatable bonds is 14. The smallest absolute Gasteiger partial charge is 0.348 e. The molecule has 1 N–H and O–H groups in total. The summed E-state index contributed by atoms with van der Waals surface area (Å²) in [4.78, 5) is 27.3. The van der Waals surface area contributed by atoms with E-state index in [1.165, 1.54) is 46.9 Å². The minimum absolute atomic E-state index is 0.112. The number of piperidine rings is 2. The lowest BCUT2D eigenvalue weighted by Crippen LogP contribution is -2.38. The van der Waals surface area contributed by atoms with Crippen LogP contribution in [0.5, 0.6) is 0 Å². The fourth-order valence-electron chi connectivity index (χ4n) is 8.98. The molecule has 0 radical (unpaired) electrons. The van der Waals surface area contributed by atoms with Crippen LogP contribution in [-0.4, -0.2) is 73.1 Å². The van der Waals surface area contributed by atoms with Gasteiger partial charge in [-0.1, -0.05) is 46.9 Å². The van der Waals surface area contributed by atoms with Gasteiger partial charge < -0.3 is 20.0 Å². The highest BCUT2D eigenvalue weighted by atomic mass is 32.1. The number of likely N-dealkylation sites (tertiary alicyclic amines) is 1. The third-order valence-corrected chi connectivity index (χ3v) is 15.4. The Morgan fingerprint density at radius 3 is 1.49 bits per heavy atom. The lowest BCUT2D eigenvalue weighted by atomic mass is 9.93. The number of amides is 1. The van der Waals surface area contributed by atoms with Crippen molar-refractivity contribution in [3.8, 4) is 12.1 Å². The third-order valence-electron chi connectivity index (χ3n) is 13.2. The van der Waals surface area contributed by atoms with E-state index >= 15 is 0 Å². The van der Waals surface area contributed by atoms with Gasteiger partial charge in [-0.25, -0.2) is 9.97 Å². The van der Waals surface area contributed by atoms with Crippen molar-refractivity contribution in [3.63, 3.8) is 0 Å². The van der Waals surface area contributed by atoms with E-state index in [4.69, 9.17) is 5.26 Å². The molecule has 69 heavy (non-hydrogen) atoms. The Morgan fingerprint density at radius 2 is 1.10 bits per heavy atom. The van der Waals surface area contributed by atoms with Gasteiger partial charge in [0.05, 0.1) is 54.8 Å². The normalized spacial score (nSPS) is 14.9. The fraction of sp³-hybridized carbons (Fsp3) is 0.442. The fourth-order valence-corrected chi connectivity index (χ4v) is 11.1. The van der Waals surface area contributed by atoms with Crippen LogP contribution in [0.3, 0.4) is 0 Å². The Bertz CT molecular complexity index is 2790. The minimum Gasteiger partial charge on any atom is -0.348 e. The van der Waals surface area contributed by atoms with Crippen LogP contribution in [-0.2, 0) is 30.0 Å².